The summed E-state index contributed by atoms with van der Waals surface area (Å²) in [6.45, 7) is 3.86. The number of rotatable bonds is 6. The van der Waals surface area contributed by atoms with Crippen LogP contribution in [-0.2, 0) is 14.4 Å². The van der Waals surface area contributed by atoms with Crippen LogP contribution in [0, 0.1) is 11.8 Å². The highest BCUT2D eigenvalue weighted by Gasteiger charge is 2.52. The molecule has 0 aromatic rings. The molecule has 33 heavy (non-hydrogen) atoms. The van der Waals surface area contributed by atoms with Crippen LogP contribution >= 0.6 is 11.6 Å². The third-order valence-electron chi connectivity index (χ3n) is 6.96. The van der Waals surface area contributed by atoms with Gasteiger partial charge in [-0.3, -0.25) is 19.3 Å². The van der Waals surface area contributed by atoms with Crippen molar-refractivity contribution in [1.82, 2.24) is 15.1 Å². The summed E-state index contributed by atoms with van der Waals surface area (Å²) >= 11 is 6.02. The SMILES string of the molecule is CCC1CCC2(CC1)NC(=O)N(CC(=O)N(CC)CC1=NC(=O)C3C=CC(Cl)=CC3=N1)C2=O. The summed E-state index contributed by atoms with van der Waals surface area (Å²) in [5.74, 6) is -0.899. The van der Waals surface area contributed by atoms with Crippen molar-refractivity contribution in [3.05, 3.63) is 23.3 Å². The summed E-state index contributed by atoms with van der Waals surface area (Å²) in [5.41, 5.74) is -0.402. The van der Waals surface area contributed by atoms with Crippen LogP contribution in [0.2, 0.25) is 0 Å². The molecule has 0 bridgehead atoms. The first kappa shape index (κ1) is 23.4. The number of nitrogens with one attached hydrogen (secondary N) is 1. The van der Waals surface area contributed by atoms with Gasteiger partial charge in [-0.2, -0.15) is 4.99 Å². The Morgan fingerprint density at radius 1 is 1.24 bits per heavy atom. The van der Waals surface area contributed by atoms with E-state index in [2.05, 4.69) is 22.2 Å². The van der Waals surface area contributed by atoms with E-state index >= 15 is 0 Å². The van der Waals surface area contributed by atoms with Gasteiger partial charge in [0.05, 0.1) is 12.3 Å². The number of amidine groups is 1. The van der Waals surface area contributed by atoms with E-state index in [1.807, 2.05) is 0 Å². The Morgan fingerprint density at radius 3 is 2.64 bits per heavy atom. The molecule has 4 aliphatic rings. The minimum absolute atomic E-state index is 0.000557. The van der Waals surface area contributed by atoms with Gasteiger partial charge in [0.1, 0.15) is 18.0 Å². The van der Waals surface area contributed by atoms with Crippen LogP contribution < -0.4 is 5.32 Å². The molecule has 4 rings (SSSR count). The summed E-state index contributed by atoms with van der Waals surface area (Å²) in [5, 5.41) is 3.31. The van der Waals surface area contributed by atoms with E-state index in [-0.39, 0.29) is 30.7 Å². The predicted octanol–water partition coefficient (Wildman–Crippen LogP) is 2.41. The molecule has 0 radical (unpaired) electrons. The summed E-state index contributed by atoms with van der Waals surface area (Å²) < 4.78 is 0. The van der Waals surface area contributed by atoms with Crippen LogP contribution in [0.4, 0.5) is 4.79 Å². The molecule has 5 amide bonds. The topological polar surface area (TPSA) is 112 Å². The van der Waals surface area contributed by atoms with Gasteiger partial charge in [-0.1, -0.05) is 31.0 Å². The summed E-state index contributed by atoms with van der Waals surface area (Å²) in [7, 11) is 0. The third-order valence-corrected chi connectivity index (χ3v) is 7.19. The molecule has 2 aliphatic carbocycles. The molecule has 9 nitrogen and oxygen atoms in total. The van der Waals surface area contributed by atoms with Gasteiger partial charge in [0.2, 0.25) is 5.91 Å². The van der Waals surface area contributed by atoms with Crippen LogP contribution in [0.5, 0.6) is 0 Å². The molecule has 0 aromatic carbocycles. The largest absolute Gasteiger partial charge is 0.334 e. The molecule has 176 valence electrons. The number of aliphatic imine (C=N–C) groups is 2. The summed E-state index contributed by atoms with van der Waals surface area (Å²) in [6.07, 6.45) is 8.90. The lowest BCUT2D eigenvalue weighted by atomic mass is 9.75. The second kappa shape index (κ2) is 9.21. The molecule has 1 spiro atoms. The van der Waals surface area contributed by atoms with Crippen LogP contribution in [-0.4, -0.2) is 70.3 Å². The van der Waals surface area contributed by atoms with Crippen LogP contribution in [0.3, 0.4) is 0 Å². The van der Waals surface area contributed by atoms with Crippen molar-refractivity contribution in [2.75, 3.05) is 19.6 Å². The number of likely N-dealkylation sites (N-methyl/N-ethyl adjacent to an activating group) is 1. The second-order valence-electron chi connectivity index (χ2n) is 8.93. The third kappa shape index (κ3) is 4.51. The van der Waals surface area contributed by atoms with Crippen molar-refractivity contribution >= 4 is 46.9 Å². The monoisotopic (exact) mass is 473 g/mol. The second-order valence-corrected chi connectivity index (χ2v) is 9.37. The minimum atomic E-state index is -0.888. The molecule has 2 fully saturated rings. The van der Waals surface area contributed by atoms with E-state index in [4.69, 9.17) is 11.6 Å². The zero-order valence-corrected chi connectivity index (χ0v) is 19.6. The minimum Gasteiger partial charge on any atom is -0.334 e. The van der Waals surface area contributed by atoms with Gasteiger partial charge >= 0.3 is 6.03 Å². The fraction of sp³-hybridized carbons (Fsp3) is 0.565. The van der Waals surface area contributed by atoms with Gasteiger partial charge in [-0.25, -0.2) is 9.79 Å². The van der Waals surface area contributed by atoms with E-state index in [9.17, 15) is 19.2 Å². The predicted molar refractivity (Wildman–Crippen MR) is 124 cm³/mol. The molecule has 1 unspecified atom stereocenters. The highest BCUT2D eigenvalue weighted by Crippen LogP contribution is 2.37. The van der Waals surface area contributed by atoms with E-state index < -0.39 is 23.4 Å². The van der Waals surface area contributed by atoms with Crippen molar-refractivity contribution in [3.63, 3.8) is 0 Å². The lowest BCUT2D eigenvalue weighted by molar-refractivity contribution is -0.139. The van der Waals surface area contributed by atoms with Gasteiger partial charge in [-0.05, 0) is 50.7 Å². The van der Waals surface area contributed by atoms with Crippen LogP contribution in [0.25, 0.3) is 0 Å². The molecule has 10 heteroatoms. The summed E-state index contributed by atoms with van der Waals surface area (Å²) in [6, 6.07) is -0.526. The molecular formula is C23H28ClN5O4. The van der Waals surface area contributed by atoms with Gasteiger partial charge in [0.15, 0.2) is 5.84 Å². The Hall–Kier alpha value is -2.81. The van der Waals surface area contributed by atoms with Crippen molar-refractivity contribution in [2.45, 2.75) is 51.5 Å². The van der Waals surface area contributed by atoms with E-state index in [0.717, 1.165) is 24.2 Å². The van der Waals surface area contributed by atoms with Crippen molar-refractivity contribution in [3.8, 4) is 0 Å². The summed E-state index contributed by atoms with van der Waals surface area (Å²) in [4.78, 5) is 61.9. The van der Waals surface area contributed by atoms with Crippen molar-refractivity contribution in [1.29, 1.82) is 0 Å². The average molecular weight is 474 g/mol. The Balaban J connectivity index is 1.42. The van der Waals surface area contributed by atoms with Gasteiger partial charge < -0.3 is 10.2 Å². The average Bonchev–Trinajstić information content (AvgIpc) is 3.01. The maximum Gasteiger partial charge on any atom is 0.325 e. The van der Waals surface area contributed by atoms with Gasteiger partial charge in [0.25, 0.3) is 11.8 Å². The Kier molecular flexibility index (Phi) is 6.52. The van der Waals surface area contributed by atoms with Crippen LogP contribution in [0.15, 0.2) is 33.2 Å². The maximum absolute atomic E-state index is 13.1. The number of carbonyl (C=O) groups is 4. The zero-order chi connectivity index (χ0) is 23.8. The van der Waals surface area contributed by atoms with E-state index in [1.54, 1.807) is 25.2 Å². The fourth-order valence-corrected chi connectivity index (χ4v) is 5.02. The maximum atomic E-state index is 13.1. The van der Waals surface area contributed by atoms with Gasteiger partial charge in [-0.15, -0.1) is 0 Å². The Labute approximate surface area is 197 Å². The first-order valence-corrected chi connectivity index (χ1v) is 11.8. The number of nitrogens with zero attached hydrogens (tertiary/aromatic N) is 4. The first-order valence-electron chi connectivity index (χ1n) is 11.4. The fourth-order valence-electron chi connectivity index (χ4n) is 4.84. The first-order chi connectivity index (χ1) is 15.8. The number of imide groups is 1. The smallest absolute Gasteiger partial charge is 0.325 e. The molecule has 2 aliphatic heterocycles. The van der Waals surface area contributed by atoms with E-state index in [0.29, 0.717) is 36.0 Å². The highest BCUT2D eigenvalue weighted by atomic mass is 35.5. The normalized spacial score (nSPS) is 28.9. The molecule has 1 atom stereocenters. The Bertz CT molecular complexity index is 1010. The zero-order valence-electron chi connectivity index (χ0n) is 18.8. The molecule has 2 heterocycles. The standard InChI is InChI=1S/C23H28ClN5O4/c1-3-14-7-9-23(10-8-14)21(32)29(22(33)27-23)13-19(30)28(4-2)12-18-25-17-11-15(24)5-6-16(17)20(31)26-18/h5-6,11,14,16H,3-4,7-10,12-13H2,1-2H3,(H,27,33). The lowest BCUT2D eigenvalue weighted by Gasteiger charge is -2.34. The number of hydrogen-bond donors (Lipinski definition) is 1. The van der Waals surface area contributed by atoms with Gasteiger partial charge in [0, 0.05) is 11.6 Å². The highest BCUT2D eigenvalue weighted by molar-refractivity contribution is 6.35. The molecule has 1 saturated carbocycles. The lowest BCUT2D eigenvalue weighted by Crippen LogP contribution is -2.50. The van der Waals surface area contributed by atoms with E-state index in [1.165, 1.54) is 4.90 Å². The molecule has 1 N–H and O–H groups in total. The number of halogens is 1. The number of urea groups is 1. The quantitative estimate of drug-likeness (QED) is 0.597. The van der Waals surface area contributed by atoms with Crippen molar-refractivity contribution < 1.29 is 19.2 Å². The number of fused-ring (bicyclic) bond motifs is 1. The number of hydrogen-bond acceptors (Lipinski definition) is 5. The number of amides is 5. The molecule has 0 aromatic heterocycles. The Morgan fingerprint density at radius 2 is 1.97 bits per heavy atom. The van der Waals surface area contributed by atoms with Crippen LogP contribution in [0.1, 0.15) is 46.0 Å². The van der Waals surface area contributed by atoms with Crippen molar-refractivity contribution in [2.24, 2.45) is 21.8 Å². The number of allylic oxidation sites excluding steroid dienone is 3. The molecule has 1 saturated heterocycles. The molecular weight excluding hydrogens is 446 g/mol. The number of carbonyl (C=O) groups excluding carboxylic acids is 4.